The van der Waals surface area contributed by atoms with Crippen LogP contribution in [0.1, 0.15) is 6.42 Å². The number of nitrogens with zero attached hydrogens (tertiary/aromatic N) is 1. The highest BCUT2D eigenvalue weighted by Gasteiger charge is 1.98. The smallest absolute Gasteiger partial charge is 0.256 e. The number of nitrogens with two attached hydrogens (primary N) is 1. The van der Waals surface area contributed by atoms with Gasteiger partial charge in [-0.05, 0) is 6.42 Å². The van der Waals surface area contributed by atoms with E-state index in [0.29, 0.717) is 12.3 Å². The fourth-order valence-corrected chi connectivity index (χ4v) is 0.690. The van der Waals surface area contributed by atoms with E-state index in [0.717, 1.165) is 0 Å². The second-order valence-electron chi connectivity index (χ2n) is 1.36. The molecule has 0 aliphatic heterocycles. The van der Waals surface area contributed by atoms with E-state index in [-0.39, 0.29) is 0 Å². The Morgan fingerprint density at radius 3 is 2.70 bits per heavy atom. The topological polar surface area (TPSA) is 84.5 Å². The Morgan fingerprint density at radius 2 is 2.30 bits per heavy atom. The molecule has 0 saturated carbocycles. The van der Waals surface area contributed by atoms with Crippen LogP contribution in [0.3, 0.4) is 0 Å². The molecule has 0 bridgehead atoms. The van der Waals surface area contributed by atoms with Crippen molar-refractivity contribution in [1.82, 2.24) is 4.83 Å². The number of hydrogen-bond acceptors (Lipinski definition) is 3. The van der Waals surface area contributed by atoms with Crippen LogP contribution < -0.4 is 10.7 Å². The minimum absolute atomic E-state index is 0.337. The van der Waals surface area contributed by atoms with Crippen molar-refractivity contribution < 1.29 is 8.42 Å². The SMILES string of the molecule is NNS(=O)(=O)N=CCCCl. The molecule has 0 heterocycles. The van der Waals surface area contributed by atoms with Crippen molar-refractivity contribution >= 4 is 28.0 Å². The summed E-state index contributed by atoms with van der Waals surface area (Å²) in [5.41, 5.74) is 0. The Kier molecular flexibility index (Phi) is 4.54. The third kappa shape index (κ3) is 4.68. The summed E-state index contributed by atoms with van der Waals surface area (Å²) in [5.74, 6) is 4.94. The van der Waals surface area contributed by atoms with Gasteiger partial charge in [0, 0.05) is 12.1 Å². The first-order valence-electron chi connectivity index (χ1n) is 2.44. The van der Waals surface area contributed by atoms with Gasteiger partial charge in [-0.15, -0.1) is 16.4 Å². The number of rotatable bonds is 4. The molecule has 0 aliphatic rings. The number of hydrazine groups is 1. The maximum Gasteiger partial charge on any atom is 0.332 e. The fraction of sp³-hybridized carbons (Fsp3) is 0.667. The Bertz CT molecular complexity index is 200. The van der Waals surface area contributed by atoms with Crippen molar-refractivity contribution in [3.8, 4) is 0 Å². The Morgan fingerprint density at radius 1 is 1.70 bits per heavy atom. The molecule has 0 rings (SSSR count). The standard InChI is InChI=1S/C3H8ClN3O2S/c4-2-1-3-6-10(8,9)7-5/h3,7H,1-2,5H2. The quantitative estimate of drug-likeness (QED) is 0.265. The van der Waals surface area contributed by atoms with Crippen LogP contribution in [0.2, 0.25) is 0 Å². The monoisotopic (exact) mass is 185 g/mol. The predicted octanol–water partition coefficient (Wildman–Crippen LogP) is -0.606. The largest absolute Gasteiger partial charge is 0.332 e. The van der Waals surface area contributed by atoms with Crippen molar-refractivity contribution in [3.05, 3.63) is 0 Å². The molecule has 7 heteroatoms. The van der Waals surface area contributed by atoms with E-state index in [2.05, 4.69) is 10.2 Å². The molecule has 5 nitrogen and oxygen atoms in total. The minimum Gasteiger partial charge on any atom is -0.256 e. The molecule has 3 N–H and O–H groups in total. The maximum atomic E-state index is 10.4. The third-order valence-corrected chi connectivity index (χ3v) is 1.54. The minimum atomic E-state index is -3.65. The lowest BCUT2D eigenvalue weighted by Crippen LogP contribution is -2.28. The Balaban J connectivity index is 3.89. The van der Waals surface area contributed by atoms with E-state index >= 15 is 0 Å². The van der Waals surface area contributed by atoms with Gasteiger partial charge in [-0.2, -0.15) is 12.8 Å². The summed E-state index contributed by atoms with van der Waals surface area (Å²) in [6.45, 7) is 0. The second kappa shape index (κ2) is 4.62. The van der Waals surface area contributed by atoms with Crippen molar-refractivity contribution in [1.29, 1.82) is 0 Å². The van der Waals surface area contributed by atoms with Gasteiger partial charge in [-0.3, -0.25) is 5.84 Å². The molecule has 0 aromatic rings. The zero-order valence-electron chi connectivity index (χ0n) is 5.12. The summed E-state index contributed by atoms with van der Waals surface area (Å²) in [4.78, 5) is 1.53. The summed E-state index contributed by atoms with van der Waals surface area (Å²) >= 11 is 5.24. The lowest BCUT2D eigenvalue weighted by atomic mass is 10.5. The van der Waals surface area contributed by atoms with Gasteiger partial charge in [0.15, 0.2) is 0 Å². The van der Waals surface area contributed by atoms with Crippen LogP contribution in [0.25, 0.3) is 0 Å². The molecule has 0 amide bonds. The van der Waals surface area contributed by atoms with Gasteiger partial charge in [0.2, 0.25) is 0 Å². The van der Waals surface area contributed by atoms with E-state index in [1.54, 1.807) is 0 Å². The molecular weight excluding hydrogens is 178 g/mol. The van der Waals surface area contributed by atoms with Crippen LogP contribution in [0.4, 0.5) is 0 Å². The van der Waals surface area contributed by atoms with Gasteiger partial charge >= 0.3 is 10.2 Å². The fourth-order valence-electron chi connectivity index (χ4n) is 0.230. The molecule has 0 aromatic carbocycles. The van der Waals surface area contributed by atoms with E-state index in [1.165, 1.54) is 11.0 Å². The third-order valence-electron chi connectivity index (χ3n) is 0.600. The van der Waals surface area contributed by atoms with Crippen molar-refractivity contribution in [2.45, 2.75) is 6.42 Å². The highest BCUT2D eigenvalue weighted by Crippen LogP contribution is 1.84. The highest BCUT2D eigenvalue weighted by atomic mass is 35.5. The summed E-state index contributed by atoms with van der Waals surface area (Å²) in [7, 11) is -3.65. The predicted molar refractivity (Wildman–Crippen MR) is 40.1 cm³/mol. The van der Waals surface area contributed by atoms with Crippen LogP contribution in [-0.2, 0) is 10.2 Å². The van der Waals surface area contributed by atoms with Crippen LogP contribution in [-0.4, -0.2) is 20.5 Å². The molecule has 0 saturated heterocycles. The van der Waals surface area contributed by atoms with Crippen LogP contribution in [0.15, 0.2) is 4.40 Å². The molecule has 10 heavy (non-hydrogen) atoms. The molecule has 0 radical (unpaired) electrons. The molecule has 0 atom stereocenters. The van der Waals surface area contributed by atoms with Crippen molar-refractivity contribution in [2.24, 2.45) is 10.2 Å². The average Bonchev–Trinajstić information content (AvgIpc) is 1.89. The van der Waals surface area contributed by atoms with Crippen LogP contribution in [0.5, 0.6) is 0 Å². The average molecular weight is 186 g/mol. The zero-order valence-corrected chi connectivity index (χ0v) is 6.69. The van der Waals surface area contributed by atoms with Crippen LogP contribution in [0, 0.1) is 0 Å². The molecule has 0 aliphatic carbocycles. The van der Waals surface area contributed by atoms with Crippen molar-refractivity contribution in [2.75, 3.05) is 5.88 Å². The lowest BCUT2D eigenvalue weighted by Gasteiger charge is -1.90. The number of alkyl halides is 1. The Labute approximate surface area is 64.4 Å². The normalized spacial score (nSPS) is 12.6. The van der Waals surface area contributed by atoms with E-state index in [9.17, 15) is 8.42 Å². The van der Waals surface area contributed by atoms with Crippen LogP contribution >= 0.6 is 11.6 Å². The molecule has 0 unspecified atom stereocenters. The van der Waals surface area contributed by atoms with E-state index < -0.39 is 10.2 Å². The molecule has 60 valence electrons. The molecule has 0 fully saturated rings. The first kappa shape index (κ1) is 9.83. The maximum absolute atomic E-state index is 10.4. The summed E-state index contributed by atoms with van der Waals surface area (Å²) in [6.07, 6.45) is 1.59. The van der Waals surface area contributed by atoms with Crippen molar-refractivity contribution in [3.63, 3.8) is 0 Å². The number of nitrogens with one attached hydrogen (secondary N) is 1. The molecular formula is C3H8ClN3O2S. The van der Waals surface area contributed by atoms with Gasteiger partial charge in [-0.25, -0.2) is 0 Å². The van der Waals surface area contributed by atoms with E-state index in [1.807, 2.05) is 0 Å². The summed E-state index contributed by atoms with van der Waals surface area (Å²) in [6, 6.07) is 0. The number of halogens is 1. The number of hydrogen-bond donors (Lipinski definition) is 2. The first-order chi connectivity index (χ1) is 4.62. The molecule has 0 aromatic heterocycles. The molecule has 0 spiro atoms. The highest BCUT2D eigenvalue weighted by molar-refractivity contribution is 7.88. The summed E-state index contributed by atoms with van der Waals surface area (Å²) in [5, 5.41) is 0. The van der Waals surface area contributed by atoms with Gasteiger partial charge < -0.3 is 0 Å². The van der Waals surface area contributed by atoms with Gasteiger partial charge in [0.1, 0.15) is 0 Å². The zero-order chi connectivity index (χ0) is 8.04. The van der Waals surface area contributed by atoms with Gasteiger partial charge in [-0.1, -0.05) is 0 Å². The Hall–Kier alpha value is -0.170. The van der Waals surface area contributed by atoms with E-state index in [4.69, 9.17) is 11.6 Å². The van der Waals surface area contributed by atoms with Gasteiger partial charge in [0.25, 0.3) is 0 Å². The first-order valence-corrected chi connectivity index (χ1v) is 4.42. The summed E-state index contributed by atoms with van der Waals surface area (Å²) < 4.78 is 23.9. The lowest BCUT2D eigenvalue weighted by molar-refractivity contribution is 0.586. The second-order valence-corrected chi connectivity index (χ2v) is 3.13. The van der Waals surface area contributed by atoms with Gasteiger partial charge in [0.05, 0.1) is 0 Å².